The van der Waals surface area contributed by atoms with Crippen molar-refractivity contribution in [1.29, 1.82) is 0 Å². The van der Waals surface area contributed by atoms with Gasteiger partial charge in [0.25, 0.3) is 5.56 Å². The van der Waals surface area contributed by atoms with Gasteiger partial charge < -0.3 is 10.3 Å². The second-order valence-electron chi connectivity index (χ2n) is 6.26. The summed E-state index contributed by atoms with van der Waals surface area (Å²) in [6, 6.07) is -0.0497. The summed E-state index contributed by atoms with van der Waals surface area (Å²) in [6.07, 6.45) is 0.811. The molecule has 0 fully saturated rings. The van der Waals surface area contributed by atoms with Gasteiger partial charge in [-0.1, -0.05) is 20.8 Å². The first-order valence-electron chi connectivity index (χ1n) is 7.70. The van der Waals surface area contributed by atoms with Crippen LogP contribution in [0, 0.1) is 12.8 Å². The standard InChI is InChI=1S/C15H25N5O2/c1-6-11(16)8-19-10(4)17-13-12(19)14(21)18(5)15(22)20(13)7-9(2)3/h9,11H,6-8,16H2,1-5H3. The summed E-state index contributed by atoms with van der Waals surface area (Å²) in [4.78, 5) is 29.4. The van der Waals surface area contributed by atoms with Gasteiger partial charge in [0.15, 0.2) is 11.2 Å². The number of aryl methyl sites for hydroxylation is 1. The molecule has 0 saturated carbocycles. The maximum Gasteiger partial charge on any atom is 0.332 e. The van der Waals surface area contributed by atoms with Crippen molar-refractivity contribution >= 4 is 11.2 Å². The molecule has 2 aromatic rings. The summed E-state index contributed by atoms with van der Waals surface area (Å²) >= 11 is 0. The predicted octanol–water partition coefficient (Wildman–Crippen LogP) is 0.598. The molecule has 2 heterocycles. The summed E-state index contributed by atoms with van der Waals surface area (Å²) in [6.45, 7) is 8.95. The molecule has 0 aromatic carbocycles. The number of nitrogens with two attached hydrogens (primary N) is 1. The van der Waals surface area contributed by atoms with E-state index in [1.807, 2.05) is 32.3 Å². The Morgan fingerprint density at radius 2 is 1.82 bits per heavy atom. The topological polar surface area (TPSA) is 87.8 Å². The van der Waals surface area contributed by atoms with Gasteiger partial charge in [0.2, 0.25) is 0 Å². The fourth-order valence-corrected chi connectivity index (χ4v) is 2.58. The van der Waals surface area contributed by atoms with E-state index in [1.54, 1.807) is 4.57 Å². The van der Waals surface area contributed by atoms with E-state index in [4.69, 9.17) is 5.73 Å². The van der Waals surface area contributed by atoms with E-state index in [0.717, 1.165) is 11.0 Å². The summed E-state index contributed by atoms with van der Waals surface area (Å²) in [5.74, 6) is 0.987. The Balaban J connectivity index is 2.81. The predicted molar refractivity (Wildman–Crippen MR) is 87.1 cm³/mol. The van der Waals surface area contributed by atoms with E-state index in [0.29, 0.717) is 30.1 Å². The minimum Gasteiger partial charge on any atom is -0.326 e. The Kier molecular flexibility index (Phi) is 4.55. The van der Waals surface area contributed by atoms with E-state index in [1.165, 1.54) is 7.05 Å². The average molecular weight is 307 g/mol. The van der Waals surface area contributed by atoms with Crippen LogP contribution in [0.2, 0.25) is 0 Å². The lowest BCUT2D eigenvalue weighted by Gasteiger charge is -2.14. The maximum atomic E-state index is 12.5. The molecule has 0 bridgehead atoms. The van der Waals surface area contributed by atoms with Gasteiger partial charge >= 0.3 is 5.69 Å². The van der Waals surface area contributed by atoms with E-state index < -0.39 is 0 Å². The molecule has 0 spiro atoms. The largest absolute Gasteiger partial charge is 0.332 e. The second-order valence-corrected chi connectivity index (χ2v) is 6.26. The lowest BCUT2D eigenvalue weighted by Crippen LogP contribution is -2.40. The van der Waals surface area contributed by atoms with Crippen molar-refractivity contribution in [2.75, 3.05) is 0 Å². The minimum absolute atomic E-state index is 0.0497. The molecule has 7 heteroatoms. The van der Waals surface area contributed by atoms with E-state index in [2.05, 4.69) is 4.98 Å². The minimum atomic E-state index is -0.323. The van der Waals surface area contributed by atoms with Crippen LogP contribution in [0.25, 0.3) is 11.2 Å². The summed E-state index contributed by atoms with van der Waals surface area (Å²) < 4.78 is 4.57. The van der Waals surface area contributed by atoms with Crippen molar-refractivity contribution in [2.24, 2.45) is 18.7 Å². The van der Waals surface area contributed by atoms with Gasteiger partial charge in [-0.05, 0) is 19.3 Å². The lowest BCUT2D eigenvalue weighted by molar-refractivity contribution is 0.499. The van der Waals surface area contributed by atoms with Crippen LogP contribution in [0.1, 0.15) is 33.0 Å². The third kappa shape index (κ3) is 2.72. The van der Waals surface area contributed by atoms with Gasteiger partial charge in [0.05, 0.1) is 0 Å². The van der Waals surface area contributed by atoms with Gasteiger partial charge in [0.1, 0.15) is 5.82 Å². The highest BCUT2D eigenvalue weighted by Gasteiger charge is 2.20. The van der Waals surface area contributed by atoms with Crippen molar-refractivity contribution in [3.63, 3.8) is 0 Å². The first kappa shape index (κ1) is 16.5. The molecule has 0 aliphatic rings. The Hall–Kier alpha value is -1.89. The van der Waals surface area contributed by atoms with Crippen LogP contribution >= 0.6 is 0 Å². The first-order valence-corrected chi connectivity index (χ1v) is 7.70. The molecular weight excluding hydrogens is 282 g/mol. The number of hydrogen-bond acceptors (Lipinski definition) is 4. The van der Waals surface area contributed by atoms with E-state index in [-0.39, 0.29) is 23.2 Å². The highest BCUT2D eigenvalue weighted by molar-refractivity contribution is 5.71. The quantitative estimate of drug-likeness (QED) is 0.876. The average Bonchev–Trinajstić information content (AvgIpc) is 2.78. The van der Waals surface area contributed by atoms with Crippen LogP contribution < -0.4 is 17.0 Å². The molecule has 1 unspecified atom stereocenters. The Morgan fingerprint density at radius 1 is 1.18 bits per heavy atom. The van der Waals surface area contributed by atoms with E-state index >= 15 is 0 Å². The second kappa shape index (κ2) is 6.08. The number of aromatic nitrogens is 4. The maximum absolute atomic E-state index is 12.5. The molecule has 2 aromatic heterocycles. The molecule has 2 rings (SSSR count). The lowest BCUT2D eigenvalue weighted by atomic mass is 10.2. The molecule has 2 N–H and O–H groups in total. The number of imidazole rings is 1. The van der Waals surface area contributed by atoms with Crippen molar-refractivity contribution in [2.45, 2.75) is 53.2 Å². The summed E-state index contributed by atoms with van der Waals surface area (Å²) in [5.41, 5.74) is 6.32. The molecule has 122 valence electrons. The van der Waals surface area contributed by atoms with Crippen molar-refractivity contribution in [1.82, 2.24) is 18.7 Å². The normalized spacial score (nSPS) is 13.2. The zero-order valence-corrected chi connectivity index (χ0v) is 14.0. The summed E-state index contributed by atoms with van der Waals surface area (Å²) in [7, 11) is 1.51. The van der Waals surface area contributed by atoms with Crippen LogP contribution in [-0.2, 0) is 20.1 Å². The van der Waals surface area contributed by atoms with Crippen molar-refractivity contribution in [3.05, 3.63) is 26.7 Å². The molecule has 0 aliphatic heterocycles. The van der Waals surface area contributed by atoms with E-state index in [9.17, 15) is 9.59 Å². The highest BCUT2D eigenvalue weighted by atomic mass is 16.2. The summed E-state index contributed by atoms with van der Waals surface area (Å²) in [5, 5.41) is 0. The molecular formula is C15H25N5O2. The first-order chi connectivity index (χ1) is 10.3. The van der Waals surface area contributed by atoms with Crippen LogP contribution in [0.5, 0.6) is 0 Å². The van der Waals surface area contributed by atoms with Crippen molar-refractivity contribution < 1.29 is 0 Å². The fraction of sp³-hybridized carbons (Fsp3) is 0.667. The molecule has 22 heavy (non-hydrogen) atoms. The van der Waals surface area contributed by atoms with Crippen LogP contribution in [0.4, 0.5) is 0 Å². The Morgan fingerprint density at radius 3 is 2.36 bits per heavy atom. The zero-order valence-electron chi connectivity index (χ0n) is 14.0. The highest BCUT2D eigenvalue weighted by Crippen LogP contribution is 2.13. The number of fused-ring (bicyclic) bond motifs is 1. The number of hydrogen-bond donors (Lipinski definition) is 1. The van der Waals surface area contributed by atoms with Gasteiger partial charge in [-0.25, -0.2) is 9.78 Å². The van der Waals surface area contributed by atoms with Gasteiger partial charge in [0, 0.05) is 26.2 Å². The number of rotatable bonds is 5. The molecule has 0 radical (unpaired) electrons. The van der Waals surface area contributed by atoms with Crippen LogP contribution in [0.15, 0.2) is 9.59 Å². The molecule has 7 nitrogen and oxygen atoms in total. The Bertz CT molecular complexity index is 797. The zero-order chi connectivity index (χ0) is 16.6. The molecule has 0 saturated heterocycles. The third-order valence-electron chi connectivity index (χ3n) is 3.91. The van der Waals surface area contributed by atoms with Crippen LogP contribution in [0.3, 0.4) is 0 Å². The van der Waals surface area contributed by atoms with Gasteiger partial charge in [-0.3, -0.25) is 13.9 Å². The molecule has 0 aliphatic carbocycles. The van der Waals surface area contributed by atoms with Gasteiger partial charge in [-0.2, -0.15) is 0 Å². The van der Waals surface area contributed by atoms with Crippen molar-refractivity contribution in [3.8, 4) is 0 Å². The number of nitrogens with zero attached hydrogens (tertiary/aromatic N) is 4. The monoisotopic (exact) mass is 307 g/mol. The fourth-order valence-electron chi connectivity index (χ4n) is 2.58. The Labute approximate surface area is 129 Å². The molecule has 1 atom stereocenters. The SMILES string of the molecule is CCC(N)Cn1c(C)nc2c1c(=O)n(C)c(=O)n2CC(C)C. The molecule has 0 amide bonds. The smallest absolute Gasteiger partial charge is 0.326 e. The third-order valence-corrected chi connectivity index (χ3v) is 3.91. The van der Waals surface area contributed by atoms with Crippen LogP contribution in [-0.4, -0.2) is 24.7 Å². The van der Waals surface area contributed by atoms with Gasteiger partial charge in [-0.15, -0.1) is 0 Å².